The predicted octanol–water partition coefficient (Wildman–Crippen LogP) is 2.17. The highest BCUT2D eigenvalue weighted by atomic mass is 16.5. The van der Waals surface area contributed by atoms with Crippen LogP contribution in [-0.2, 0) is 11.3 Å². The summed E-state index contributed by atoms with van der Waals surface area (Å²) in [4.78, 5) is 6.67. The van der Waals surface area contributed by atoms with E-state index in [0.29, 0.717) is 13.2 Å². The molecule has 102 valence electrons. The van der Waals surface area contributed by atoms with E-state index in [1.165, 1.54) is 5.39 Å². The summed E-state index contributed by atoms with van der Waals surface area (Å²) in [7, 11) is 2.04. The fourth-order valence-electron chi connectivity index (χ4n) is 2.15. The summed E-state index contributed by atoms with van der Waals surface area (Å²) in [6.07, 6.45) is 1.87. The van der Waals surface area contributed by atoms with Gasteiger partial charge in [0.1, 0.15) is 5.82 Å². The molecule has 0 atom stereocenters. The van der Waals surface area contributed by atoms with E-state index in [0.717, 1.165) is 29.9 Å². The molecule has 1 aromatic carbocycles. The maximum atomic E-state index is 5.77. The average Bonchev–Trinajstić information content (AvgIpc) is 2.46. The second kappa shape index (κ2) is 6.50. The van der Waals surface area contributed by atoms with E-state index in [9.17, 15) is 0 Å². The Hall–Kier alpha value is -1.65. The number of hydrogen-bond donors (Lipinski definition) is 1. The zero-order valence-electron chi connectivity index (χ0n) is 11.6. The Balaban J connectivity index is 2.33. The molecule has 0 aliphatic carbocycles. The SMILES string of the molecule is CCOCCN(C)c1ncc(CN)c2ccccc12. The number of pyridine rings is 1. The lowest BCUT2D eigenvalue weighted by Gasteiger charge is -2.20. The Labute approximate surface area is 114 Å². The number of rotatable bonds is 6. The van der Waals surface area contributed by atoms with Gasteiger partial charge in [0.05, 0.1) is 6.61 Å². The number of nitrogens with zero attached hydrogens (tertiary/aromatic N) is 2. The Morgan fingerprint density at radius 2 is 2.00 bits per heavy atom. The molecule has 1 heterocycles. The van der Waals surface area contributed by atoms with Crippen LogP contribution in [0, 0.1) is 0 Å². The number of hydrogen-bond acceptors (Lipinski definition) is 4. The summed E-state index contributed by atoms with van der Waals surface area (Å²) in [6.45, 7) is 4.79. The van der Waals surface area contributed by atoms with Gasteiger partial charge in [-0.05, 0) is 17.9 Å². The fraction of sp³-hybridized carbons (Fsp3) is 0.400. The van der Waals surface area contributed by atoms with Crippen LogP contribution in [-0.4, -0.2) is 31.8 Å². The highest BCUT2D eigenvalue weighted by molar-refractivity contribution is 5.94. The number of fused-ring (bicyclic) bond motifs is 1. The molecule has 2 N–H and O–H groups in total. The van der Waals surface area contributed by atoms with Crippen molar-refractivity contribution in [1.29, 1.82) is 0 Å². The lowest BCUT2D eigenvalue weighted by Crippen LogP contribution is -2.24. The van der Waals surface area contributed by atoms with Crippen LogP contribution >= 0.6 is 0 Å². The van der Waals surface area contributed by atoms with Gasteiger partial charge in [0.15, 0.2) is 0 Å². The normalized spacial score (nSPS) is 10.9. The monoisotopic (exact) mass is 259 g/mol. The minimum absolute atomic E-state index is 0.510. The number of anilines is 1. The molecule has 1 aromatic heterocycles. The van der Waals surface area contributed by atoms with Gasteiger partial charge < -0.3 is 15.4 Å². The quantitative estimate of drug-likeness (QED) is 0.808. The molecular formula is C15H21N3O. The number of aromatic nitrogens is 1. The molecule has 0 saturated carbocycles. The van der Waals surface area contributed by atoms with Gasteiger partial charge in [-0.25, -0.2) is 4.98 Å². The van der Waals surface area contributed by atoms with Crippen molar-refractivity contribution < 1.29 is 4.74 Å². The molecule has 0 radical (unpaired) electrons. The zero-order valence-corrected chi connectivity index (χ0v) is 11.6. The number of benzene rings is 1. The van der Waals surface area contributed by atoms with Gasteiger partial charge in [-0.3, -0.25) is 0 Å². The fourth-order valence-corrected chi connectivity index (χ4v) is 2.15. The van der Waals surface area contributed by atoms with Crippen molar-refractivity contribution in [2.75, 3.05) is 31.7 Å². The summed E-state index contributed by atoms with van der Waals surface area (Å²) in [5.41, 5.74) is 6.85. The second-order valence-electron chi connectivity index (χ2n) is 4.48. The predicted molar refractivity (Wildman–Crippen MR) is 79.4 cm³/mol. The Morgan fingerprint density at radius 3 is 2.68 bits per heavy atom. The summed E-state index contributed by atoms with van der Waals surface area (Å²) in [5, 5.41) is 2.32. The van der Waals surface area contributed by atoms with Crippen molar-refractivity contribution in [3.63, 3.8) is 0 Å². The van der Waals surface area contributed by atoms with Crippen molar-refractivity contribution in [3.8, 4) is 0 Å². The van der Waals surface area contributed by atoms with Gasteiger partial charge in [0.2, 0.25) is 0 Å². The van der Waals surface area contributed by atoms with E-state index in [-0.39, 0.29) is 0 Å². The van der Waals surface area contributed by atoms with Crippen LogP contribution < -0.4 is 10.6 Å². The number of likely N-dealkylation sites (N-methyl/N-ethyl adjacent to an activating group) is 1. The molecular weight excluding hydrogens is 238 g/mol. The Morgan fingerprint density at radius 1 is 1.26 bits per heavy atom. The van der Waals surface area contributed by atoms with Crippen LogP contribution in [0.15, 0.2) is 30.5 Å². The Bertz CT molecular complexity index is 542. The highest BCUT2D eigenvalue weighted by Gasteiger charge is 2.09. The standard InChI is InChI=1S/C15H21N3O/c1-3-19-9-8-18(2)15-14-7-5-4-6-13(14)12(10-16)11-17-15/h4-7,11H,3,8-10,16H2,1-2H3. The molecule has 0 unspecified atom stereocenters. The molecule has 19 heavy (non-hydrogen) atoms. The van der Waals surface area contributed by atoms with Crippen molar-refractivity contribution in [3.05, 3.63) is 36.0 Å². The summed E-state index contributed by atoms with van der Waals surface area (Å²) < 4.78 is 5.39. The molecule has 4 heteroatoms. The van der Waals surface area contributed by atoms with E-state index < -0.39 is 0 Å². The molecule has 0 saturated heterocycles. The van der Waals surface area contributed by atoms with E-state index in [1.807, 2.05) is 32.3 Å². The number of nitrogens with two attached hydrogens (primary N) is 1. The molecule has 4 nitrogen and oxygen atoms in total. The summed E-state index contributed by atoms with van der Waals surface area (Å²) >= 11 is 0. The van der Waals surface area contributed by atoms with Crippen LogP contribution in [0.4, 0.5) is 5.82 Å². The van der Waals surface area contributed by atoms with E-state index in [2.05, 4.69) is 22.0 Å². The third kappa shape index (κ3) is 3.03. The average molecular weight is 259 g/mol. The first-order chi connectivity index (χ1) is 9.27. The van der Waals surface area contributed by atoms with Crippen LogP contribution in [0.3, 0.4) is 0 Å². The zero-order chi connectivity index (χ0) is 13.7. The third-order valence-electron chi connectivity index (χ3n) is 3.21. The summed E-state index contributed by atoms with van der Waals surface area (Å²) in [6, 6.07) is 8.25. The minimum atomic E-state index is 0.510. The van der Waals surface area contributed by atoms with Gasteiger partial charge in [0.25, 0.3) is 0 Å². The van der Waals surface area contributed by atoms with Crippen molar-refractivity contribution in [2.45, 2.75) is 13.5 Å². The third-order valence-corrected chi connectivity index (χ3v) is 3.21. The second-order valence-corrected chi connectivity index (χ2v) is 4.48. The van der Waals surface area contributed by atoms with Crippen molar-refractivity contribution >= 4 is 16.6 Å². The number of ether oxygens (including phenoxy) is 1. The van der Waals surface area contributed by atoms with Crippen LogP contribution in [0.1, 0.15) is 12.5 Å². The van der Waals surface area contributed by atoms with Crippen LogP contribution in [0.25, 0.3) is 10.8 Å². The molecule has 0 spiro atoms. The maximum absolute atomic E-state index is 5.77. The first-order valence-corrected chi connectivity index (χ1v) is 6.63. The van der Waals surface area contributed by atoms with E-state index in [1.54, 1.807) is 0 Å². The minimum Gasteiger partial charge on any atom is -0.380 e. The Kier molecular flexibility index (Phi) is 4.71. The molecule has 0 aliphatic heterocycles. The molecule has 0 fully saturated rings. The van der Waals surface area contributed by atoms with Gasteiger partial charge in [-0.15, -0.1) is 0 Å². The molecule has 2 rings (SSSR count). The topological polar surface area (TPSA) is 51.4 Å². The smallest absolute Gasteiger partial charge is 0.136 e. The van der Waals surface area contributed by atoms with Gasteiger partial charge in [-0.1, -0.05) is 24.3 Å². The van der Waals surface area contributed by atoms with E-state index >= 15 is 0 Å². The molecule has 0 aliphatic rings. The van der Waals surface area contributed by atoms with Crippen LogP contribution in [0.2, 0.25) is 0 Å². The van der Waals surface area contributed by atoms with E-state index in [4.69, 9.17) is 10.5 Å². The van der Waals surface area contributed by atoms with Gasteiger partial charge in [-0.2, -0.15) is 0 Å². The highest BCUT2D eigenvalue weighted by Crippen LogP contribution is 2.26. The van der Waals surface area contributed by atoms with Crippen LogP contribution in [0.5, 0.6) is 0 Å². The lowest BCUT2D eigenvalue weighted by atomic mass is 10.1. The first kappa shape index (κ1) is 13.8. The first-order valence-electron chi connectivity index (χ1n) is 6.63. The lowest BCUT2D eigenvalue weighted by molar-refractivity contribution is 0.154. The largest absolute Gasteiger partial charge is 0.380 e. The molecule has 0 bridgehead atoms. The van der Waals surface area contributed by atoms with Crippen molar-refractivity contribution in [1.82, 2.24) is 4.98 Å². The van der Waals surface area contributed by atoms with Gasteiger partial charge in [0, 0.05) is 38.3 Å². The molecule has 0 amide bonds. The van der Waals surface area contributed by atoms with Gasteiger partial charge >= 0.3 is 0 Å². The maximum Gasteiger partial charge on any atom is 0.136 e. The molecule has 2 aromatic rings. The van der Waals surface area contributed by atoms with Crippen molar-refractivity contribution in [2.24, 2.45) is 5.73 Å². The summed E-state index contributed by atoms with van der Waals surface area (Å²) in [5.74, 6) is 0.979.